The number of hydrogen-bond donors (Lipinski definition) is 1. The number of furan rings is 1. The van der Waals surface area contributed by atoms with E-state index < -0.39 is 0 Å². The number of fused-ring (bicyclic) bond motifs is 1. The molecule has 1 aliphatic rings. The van der Waals surface area contributed by atoms with Crippen molar-refractivity contribution in [2.45, 2.75) is 25.8 Å². The van der Waals surface area contributed by atoms with Crippen LogP contribution in [0.15, 0.2) is 47.1 Å². The molecule has 0 bridgehead atoms. The number of benzene rings is 1. The van der Waals surface area contributed by atoms with Crippen LogP contribution >= 0.6 is 22.9 Å². The van der Waals surface area contributed by atoms with Crippen molar-refractivity contribution in [3.8, 4) is 0 Å². The van der Waals surface area contributed by atoms with Crippen LogP contribution < -0.4 is 5.32 Å². The topological polar surface area (TPSA) is 45.5 Å². The van der Waals surface area contributed by atoms with Crippen LogP contribution in [0.25, 0.3) is 10.1 Å². The number of thiophene rings is 1. The van der Waals surface area contributed by atoms with Crippen LogP contribution in [0.1, 0.15) is 41.2 Å². The molecular formula is C21H23ClN2O2S. The molecule has 1 saturated heterocycles. The lowest BCUT2D eigenvalue weighted by atomic mass is 9.97. The van der Waals surface area contributed by atoms with Crippen molar-refractivity contribution in [2.24, 2.45) is 5.92 Å². The Morgan fingerprint density at radius 2 is 2.07 bits per heavy atom. The Hall–Kier alpha value is -1.82. The molecule has 1 fully saturated rings. The Bertz CT molecular complexity index is 914. The van der Waals surface area contributed by atoms with Crippen molar-refractivity contribution in [3.05, 3.63) is 58.3 Å². The highest BCUT2D eigenvalue weighted by Crippen LogP contribution is 2.35. The molecule has 6 heteroatoms. The maximum atomic E-state index is 12.8. The summed E-state index contributed by atoms with van der Waals surface area (Å²) in [5, 5.41) is 4.55. The van der Waals surface area contributed by atoms with Crippen LogP contribution in [0.5, 0.6) is 0 Å². The first-order chi connectivity index (χ1) is 13.1. The molecule has 1 N–H and O–H groups in total. The summed E-state index contributed by atoms with van der Waals surface area (Å²) in [7, 11) is 0. The van der Waals surface area contributed by atoms with Gasteiger partial charge in [0.1, 0.15) is 10.6 Å². The van der Waals surface area contributed by atoms with Crippen molar-refractivity contribution in [1.82, 2.24) is 10.2 Å². The van der Waals surface area contributed by atoms with E-state index >= 15 is 0 Å². The zero-order valence-corrected chi connectivity index (χ0v) is 16.9. The quantitative estimate of drug-likeness (QED) is 0.625. The summed E-state index contributed by atoms with van der Waals surface area (Å²) in [5.41, 5.74) is 0. The van der Waals surface area contributed by atoms with Crippen molar-refractivity contribution in [1.29, 1.82) is 0 Å². The summed E-state index contributed by atoms with van der Waals surface area (Å²) >= 11 is 7.89. The van der Waals surface area contributed by atoms with Gasteiger partial charge in [0.25, 0.3) is 5.91 Å². The van der Waals surface area contributed by atoms with Gasteiger partial charge in [-0.15, -0.1) is 11.3 Å². The summed E-state index contributed by atoms with van der Waals surface area (Å²) in [4.78, 5) is 15.8. The van der Waals surface area contributed by atoms with Crippen LogP contribution in [0.4, 0.5) is 0 Å². The van der Waals surface area contributed by atoms with Gasteiger partial charge in [0.05, 0.1) is 17.3 Å². The van der Waals surface area contributed by atoms with Crippen molar-refractivity contribution >= 4 is 38.9 Å². The summed E-state index contributed by atoms with van der Waals surface area (Å²) in [6.07, 6.45) is 4.04. The Kier molecular flexibility index (Phi) is 5.53. The Labute approximate surface area is 168 Å². The summed E-state index contributed by atoms with van der Waals surface area (Å²) < 4.78 is 6.70. The summed E-state index contributed by atoms with van der Waals surface area (Å²) in [6, 6.07) is 11.8. The van der Waals surface area contributed by atoms with E-state index in [4.69, 9.17) is 16.0 Å². The molecule has 0 unspecified atom stereocenters. The monoisotopic (exact) mass is 402 g/mol. The number of nitrogens with one attached hydrogen (secondary N) is 1. The molecule has 1 aromatic carbocycles. The summed E-state index contributed by atoms with van der Waals surface area (Å²) in [6.45, 7) is 4.84. The van der Waals surface area contributed by atoms with Gasteiger partial charge in [-0.1, -0.05) is 36.7 Å². The average molecular weight is 403 g/mol. The molecule has 27 heavy (non-hydrogen) atoms. The predicted octanol–water partition coefficient (Wildman–Crippen LogP) is 5.35. The molecule has 2 aromatic heterocycles. The van der Waals surface area contributed by atoms with Gasteiger partial charge in [0.2, 0.25) is 0 Å². The first-order valence-corrected chi connectivity index (χ1v) is 10.6. The maximum absolute atomic E-state index is 12.8. The highest BCUT2D eigenvalue weighted by molar-refractivity contribution is 7.21. The Morgan fingerprint density at radius 3 is 2.78 bits per heavy atom. The molecule has 0 aliphatic carbocycles. The van der Waals surface area contributed by atoms with Gasteiger partial charge in [-0.2, -0.15) is 0 Å². The second kappa shape index (κ2) is 8.05. The standard InChI is InChI=1S/C21H23ClN2O2S/c1-14-8-10-24(11-9-14)16(17-6-4-12-26-17)13-23-21(25)20-19(22)15-5-2-3-7-18(15)27-20/h2-7,12,14,16H,8-11,13H2,1H3,(H,23,25)/t16-/m1/s1. The first kappa shape index (κ1) is 18.5. The van der Waals surface area contributed by atoms with E-state index in [9.17, 15) is 4.79 Å². The van der Waals surface area contributed by atoms with Crippen molar-refractivity contribution in [2.75, 3.05) is 19.6 Å². The van der Waals surface area contributed by atoms with Crippen LogP contribution in [0, 0.1) is 5.92 Å². The molecule has 4 rings (SSSR count). The number of carbonyl (C=O) groups is 1. The first-order valence-electron chi connectivity index (χ1n) is 9.36. The van der Waals surface area contributed by atoms with E-state index in [1.165, 1.54) is 24.2 Å². The molecule has 0 spiro atoms. The Morgan fingerprint density at radius 1 is 1.30 bits per heavy atom. The van der Waals surface area contributed by atoms with E-state index in [1.54, 1.807) is 6.26 Å². The largest absolute Gasteiger partial charge is 0.468 e. The molecule has 1 amide bonds. The minimum Gasteiger partial charge on any atom is -0.468 e. The average Bonchev–Trinajstić information content (AvgIpc) is 3.32. The van der Waals surface area contributed by atoms with E-state index in [2.05, 4.69) is 17.1 Å². The third-order valence-corrected chi connectivity index (χ3v) is 7.00. The van der Waals surface area contributed by atoms with Gasteiger partial charge in [-0.3, -0.25) is 9.69 Å². The third kappa shape index (κ3) is 3.91. The zero-order valence-electron chi connectivity index (χ0n) is 15.3. The summed E-state index contributed by atoms with van der Waals surface area (Å²) in [5.74, 6) is 1.53. The number of halogens is 1. The molecule has 4 nitrogen and oxygen atoms in total. The van der Waals surface area contributed by atoms with Crippen LogP contribution in [-0.4, -0.2) is 30.4 Å². The molecule has 1 atom stereocenters. The van der Waals surface area contributed by atoms with Crippen molar-refractivity contribution in [3.63, 3.8) is 0 Å². The lowest BCUT2D eigenvalue weighted by Gasteiger charge is -2.35. The van der Waals surface area contributed by atoms with Crippen LogP contribution in [0.3, 0.4) is 0 Å². The highest BCUT2D eigenvalue weighted by atomic mass is 35.5. The SMILES string of the molecule is CC1CCN([C@H](CNC(=O)c2sc3ccccc3c2Cl)c2ccco2)CC1. The fourth-order valence-electron chi connectivity index (χ4n) is 3.66. The Balaban J connectivity index is 1.50. The molecular weight excluding hydrogens is 380 g/mol. The number of nitrogens with zero attached hydrogens (tertiary/aromatic N) is 1. The van der Waals surface area contributed by atoms with Gasteiger partial charge in [-0.25, -0.2) is 0 Å². The minimum atomic E-state index is -0.122. The van der Waals surface area contributed by atoms with E-state index in [1.807, 2.05) is 36.4 Å². The van der Waals surface area contributed by atoms with Gasteiger partial charge < -0.3 is 9.73 Å². The van der Waals surface area contributed by atoms with E-state index in [0.29, 0.717) is 16.4 Å². The van der Waals surface area contributed by atoms with Crippen LogP contribution in [-0.2, 0) is 0 Å². The number of likely N-dealkylation sites (tertiary alicyclic amines) is 1. The third-order valence-electron chi connectivity index (χ3n) is 5.33. The predicted molar refractivity (Wildman–Crippen MR) is 111 cm³/mol. The van der Waals surface area contributed by atoms with Gasteiger partial charge in [0.15, 0.2) is 0 Å². The number of carbonyl (C=O) groups excluding carboxylic acids is 1. The van der Waals surface area contributed by atoms with Gasteiger partial charge in [0, 0.05) is 16.6 Å². The fraction of sp³-hybridized carbons (Fsp3) is 0.381. The van der Waals surface area contributed by atoms with Crippen LogP contribution in [0.2, 0.25) is 5.02 Å². The minimum absolute atomic E-state index is 0.0459. The fourth-order valence-corrected chi connectivity index (χ4v) is 5.09. The second-order valence-corrected chi connectivity index (χ2v) is 8.63. The number of rotatable bonds is 5. The highest BCUT2D eigenvalue weighted by Gasteiger charge is 2.27. The maximum Gasteiger partial charge on any atom is 0.263 e. The lowest BCUT2D eigenvalue weighted by molar-refractivity contribution is 0.0899. The van der Waals surface area contributed by atoms with Gasteiger partial charge >= 0.3 is 0 Å². The van der Waals surface area contributed by atoms with Crippen molar-refractivity contribution < 1.29 is 9.21 Å². The zero-order chi connectivity index (χ0) is 18.8. The van der Waals surface area contributed by atoms with E-state index in [0.717, 1.165) is 34.9 Å². The van der Waals surface area contributed by atoms with Gasteiger partial charge in [-0.05, 0) is 50.0 Å². The van der Waals surface area contributed by atoms with E-state index in [-0.39, 0.29) is 11.9 Å². The second-order valence-electron chi connectivity index (χ2n) is 7.20. The molecule has 0 radical (unpaired) electrons. The molecule has 142 valence electrons. The molecule has 0 saturated carbocycles. The molecule has 3 heterocycles. The normalized spacial score (nSPS) is 17.3. The lowest BCUT2D eigenvalue weighted by Crippen LogP contribution is -2.41. The smallest absolute Gasteiger partial charge is 0.263 e. The number of amides is 1. The number of hydrogen-bond acceptors (Lipinski definition) is 4. The molecule has 3 aromatic rings. The number of piperidine rings is 1. The molecule has 1 aliphatic heterocycles.